The van der Waals surface area contributed by atoms with Gasteiger partial charge in [0.2, 0.25) is 11.8 Å². The van der Waals surface area contributed by atoms with Gasteiger partial charge in [0.1, 0.15) is 11.6 Å². The van der Waals surface area contributed by atoms with Gasteiger partial charge in [0.05, 0.1) is 24.6 Å². The maximum Gasteiger partial charge on any atom is 0.490 e. The van der Waals surface area contributed by atoms with E-state index in [2.05, 4.69) is 30.2 Å². The minimum absolute atomic E-state index is 0.145. The number of carboxylic acid groups (broad SMARTS) is 1. The predicted molar refractivity (Wildman–Crippen MR) is 117 cm³/mol. The molecule has 3 aromatic heterocycles. The molecule has 0 amide bonds. The van der Waals surface area contributed by atoms with Crippen LogP contribution in [-0.2, 0) is 10.3 Å². The number of alkyl halides is 3. The number of aliphatic carboxylic acids is 1. The first kappa shape index (κ1) is 26.2. The highest BCUT2D eigenvalue weighted by molar-refractivity contribution is 5.75. The maximum atomic E-state index is 10.6. The van der Waals surface area contributed by atoms with E-state index < -0.39 is 17.7 Å². The van der Waals surface area contributed by atoms with E-state index >= 15 is 0 Å². The van der Waals surface area contributed by atoms with Crippen LogP contribution in [0.2, 0.25) is 0 Å². The Kier molecular flexibility index (Phi) is 7.89. The fourth-order valence-corrected chi connectivity index (χ4v) is 2.42. The van der Waals surface area contributed by atoms with Crippen LogP contribution < -0.4 is 21.5 Å². The second kappa shape index (κ2) is 10.2. The summed E-state index contributed by atoms with van der Waals surface area (Å²) in [6.45, 7) is 5.56. The van der Waals surface area contributed by atoms with Crippen LogP contribution in [0.4, 0.5) is 30.6 Å². The van der Waals surface area contributed by atoms with Gasteiger partial charge in [-0.1, -0.05) is 0 Å². The molecule has 14 heteroatoms. The largest absolute Gasteiger partial charge is 0.490 e. The molecule has 3 rings (SSSR count). The monoisotopic (exact) mass is 480 g/mol. The minimum Gasteiger partial charge on any atom is -0.481 e. The molecule has 3 aromatic rings. The highest BCUT2D eigenvalue weighted by atomic mass is 19.4. The van der Waals surface area contributed by atoms with E-state index in [9.17, 15) is 13.2 Å². The number of hydrogen-bond donors (Lipinski definition) is 4. The first-order chi connectivity index (χ1) is 15.7. The van der Waals surface area contributed by atoms with Gasteiger partial charge in [-0.25, -0.2) is 19.7 Å². The second-order valence-corrected chi connectivity index (χ2v) is 7.42. The van der Waals surface area contributed by atoms with Gasteiger partial charge >= 0.3 is 12.1 Å². The van der Waals surface area contributed by atoms with Gasteiger partial charge in [-0.2, -0.15) is 23.1 Å². The van der Waals surface area contributed by atoms with Crippen molar-refractivity contribution in [1.82, 2.24) is 24.9 Å². The van der Waals surface area contributed by atoms with Crippen LogP contribution in [0.15, 0.2) is 30.6 Å². The molecule has 0 aliphatic heterocycles. The van der Waals surface area contributed by atoms with E-state index in [1.165, 1.54) is 0 Å². The molecule has 6 N–H and O–H groups in total. The van der Waals surface area contributed by atoms with Crippen LogP contribution in [-0.4, -0.2) is 49.3 Å². The summed E-state index contributed by atoms with van der Waals surface area (Å²) in [7, 11) is 1.57. The summed E-state index contributed by atoms with van der Waals surface area (Å²) in [6.07, 6.45) is -1.71. The number of nitrogen functional groups attached to an aromatic ring is 1. The quantitative estimate of drug-likeness (QED) is 0.422. The predicted octanol–water partition coefficient (Wildman–Crippen LogP) is 2.80. The van der Waals surface area contributed by atoms with Crippen molar-refractivity contribution in [3.63, 3.8) is 0 Å². The van der Waals surface area contributed by atoms with E-state index in [4.69, 9.17) is 26.1 Å². The van der Waals surface area contributed by atoms with Crippen molar-refractivity contribution in [3.05, 3.63) is 42.0 Å². The minimum atomic E-state index is -5.08. The third-order valence-electron chi connectivity index (χ3n) is 4.09. The molecule has 0 radical (unpaired) electrons. The van der Waals surface area contributed by atoms with E-state index in [0.29, 0.717) is 28.9 Å². The molecule has 0 saturated heterocycles. The third kappa shape index (κ3) is 7.23. The topological polar surface area (TPSA) is 175 Å². The molecule has 0 fully saturated rings. The maximum absolute atomic E-state index is 10.6. The lowest BCUT2D eigenvalue weighted by Crippen LogP contribution is -2.29. The van der Waals surface area contributed by atoms with E-state index in [-0.39, 0.29) is 5.95 Å². The van der Waals surface area contributed by atoms with Crippen molar-refractivity contribution in [2.45, 2.75) is 32.5 Å². The summed E-state index contributed by atoms with van der Waals surface area (Å²) in [5.74, 6) is -0.594. The number of ether oxygens (including phenoxy) is 1. The summed E-state index contributed by atoms with van der Waals surface area (Å²) < 4.78 is 36.8. The Balaban J connectivity index is 0.000000509. The molecule has 182 valence electrons. The summed E-state index contributed by atoms with van der Waals surface area (Å²) in [6, 6.07) is 5.50. The average Bonchev–Trinajstić information content (AvgIpc) is 2.73. The van der Waals surface area contributed by atoms with Gasteiger partial charge in [0, 0.05) is 17.8 Å². The molecule has 0 atom stereocenters. The lowest BCUT2D eigenvalue weighted by Gasteiger charge is -2.21. The molecule has 0 unspecified atom stereocenters. The molecule has 0 spiro atoms. The van der Waals surface area contributed by atoms with Crippen LogP contribution in [0.3, 0.4) is 0 Å². The van der Waals surface area contributed by atoms with Crippen molar-refractivity contribution >= 4 is 23.4 Å². The molecule has 0 bridgehead atoms. The smallest absolute Gasteiger partial charge is 0.481 e. The summed E-state index contributed by atoms with van der Waals surface area (Å²) >= 11 is 0. The zero-order valence-corrected chi connectivity index (χ0v) is 18.7. The number of nitrogens with two attached hydrogens (primary N) is 2. The number of rotatable bonds is 5. The van der Waals surface area contributed by atoms with Gasteiger partial charge in [0.15, 0.2) is 5.82 Å². The molecule has 0 saturated carbocycles. The normalized spacial score (nSPS) is 11.3. The van der Waals surface area contributed by atoms with Gasteiger partial charge in [0.25, 0.3) is 0 Å². The molecule has 0 aromatic carbocycles. The number of carboxylic acids is 1. The van der Waals surface area contributed by atoms with Gasteiger partial charge in [-0.05, 0) is 38.5 Å². The standard InChI is InChI=1S/C18H22N8O.C2HF3O2/c1-10-23-16(26-17(19)24-10)13-7-11(18(2,3)20)8-22-15(13)25-12-5-6-14(27-4)21-9-12;3-2(4,5)1(6)7/h5-9H,20H2,1-4H3,(H,22,25)(H2,19,23,24,26);(H,6,7). The number of nitrogens with one attached hydrogen (secondary N) is 1. The number of halogens is 3. The third-order valence-corrected chi connectivity index (χ3v) is 4.09. The number of anilines is 3. The van der Waals surface area contributed by atoms with Crippen LogP contribution in [0, 0.1) is 6.92 Å². The Morgan fingerprint density at radius 3 is 2.24 bits per heavy atom. The SMILES string of the molecule is COc1ccc(Nc2ncc(C(C)(C)N)cc2-c2nc(C)nc(N)n2)cn1.O=C(O)C(F)(F)F. The van der Waals surface area contributed by atoms with Gasteiger partial charge in [-0.15, -0.1) is 0 Å². The second-order valence-electron chi connectivity index (χ2n) is 7.42. The number of aryl methyl sites for hydroxylation is 1. The van der Waals surface area contributed by atoms with Crippen LogP contribution >= 0.6 is 0 Å². The fourth-order valence-electron chi connectivity index (χ4n) is 2.42. The van der Waals surface area contributed by atoms with Crippen molar-refractivity contribution in [3.8, 4) is 17.3 Å². The lowest BCUT2D eigenvalue weighted by atomic mass is 9.96. The number of aromatic nitrogens is 5. The number of methoxy groups -OCH3 is 1. The zero-order valence-electron chi connectivity index (χ0n) is 18.7. The van der Waals surface area contributed by atoms with Gasteiger partial charge < -0.3 is 26.6 Å². The Labute approximate surface area is 192 Å². The Bertz CT molecular complexity index is 1130. The highest BCUT2D eigenvalue weighted by Crippen LogP contribution is 2.30. The fraction of sp³-hybridized carbons (Fsp3) is 0.300. The molecule has 0 aliphatic carbocycles. The van der Waals surface area contributed by atoms with Crippen molar-refractivity contribution in [2.75, 3.05) is 18.2 Å². The first-order valence-electron chi connectivity index (χ1n) is 9.56. The Hall–Kier alpha value is -4.07. The zero-order chi connectivity index (χ0) is 25.7. The Morgan fingerprint density at radius 2 is 1.76 bits per heavy atom. The number of carbonyl (C=O) groups is 1. The van der Waals surface area contributed by atoms with Crippen LogP contribution in [0.25, 0.3) is 11.4 Å². The average molecular weight is 480 g/mol. The lowest BCUT2D eigenvalue weighted by molar-refractivity contribution is -0.192. The first-order valence-corrected chi connectivity index (χ1v) is 9.56. The summed E-state index contributed by atoms with van der Waals surface area (Å²) in [5, 5.41) is 10.4. The van der Waals surface area contributed by atoms with Gasteiger partial charge in [-0.3, -0.25) is 0 Å². The molecule has 3 heterocycles. The van der Waals surface area contributed by atoms with Crippen molar-refractivity contribution in [2.24, 2.45) is 5.73 Å². The Morgan fingerprint density at radius 1 is 1.12 bits per heavy atom. The summed E-state index contributed by atoms with van der Waals surface area (Å²) in [4.78, 5) is 30.3. The highest BCUT2D eigenvalue weighted by Gasteiger charge is 2.38. The molecular formula is C20H23F3N8O3. The van der Waals surface area contributed by atoms with Crippen molar-refractivity contribution in [1.29, 1.82) is 0 Å². The number of hydrogen-bond acceptors (Lipinski definition) is 10. The number of pyridine rings is 2. The van der Waals surface area contributed by atoms with Crippen LogP contribution in [0.1, 0.15) is 25.2 Å². The molecule has 34 heavy (non-hydrogen) atoms. The molecular weight excluding hydrogens is 457 g/mol. The molecule has 11 nitrogen and oxygen atoms in total. The summed E-state index contributed by atoms with van der Waals surface area (Å²) in [5.41, 5.74) is 13.7. The van der Waals surface area contributed by atoms with E-state index in [0.717, 1.165) is 11.3 Å². The van der Waals surface area contributed by atoms with E-state index in [1.807, 2.05) is 26.0 Å². The molecule has 0 aliphatic rings. The number of nitrogens with zero attached hydrogens (tertiary/aromatic N) is 5. The van der Waals surface area contributed by atoms with Crippen molar-refractivity contribution < 1.29 is 27.8 Å². The van der Waals surface area contributed by atoms with E-state index in [1.54, 1.807) is 32.5 Å². The van der Waals surface area contributed by atoms with Crippen LogP contribution in [0.5, 0.6) is 5.88 Å².